The molecule has 2 nitrogen and oxygen atoms in total. The number of unbranched alkanes of at least 4 members (excludes halogenated alkanes) is 4. The van der Waals surface area contributed by atoms with Crippen molar-refractivity contribution in [1.82, 2.24) is 0 Å². The van der Waals surface area contributed by atoms with Gasteiger partial charge in [-0.3, -0.25) is 0 Å². The fourth-order valence-corrected chi connectivity index (χ4v) is 1.63. The minimum Gasteiger partial charge on any atom is -0.376 e. The molecule has 1 aromatic carbocycles. The summed E-state index contributed by atoms with van der Waals surface area (Å²) in [5, 5.41) is 18.5. The van der Waals surface area contributed by atoms with Gasteiger partial charge >= 0.3 is 0 Å². The lowest BCUT2D eigenvalue weighted by atomic mass is 10.1. The zero-order chi connectivity index (χ0) is 13.2. The summed E-state index contributed by atoms with van der Waals surface area (Å²) in [6.45, 7) is 2.18. The third kappa shape index (κ3) is 5.04. The lowest BCUT2D eigenvalue weighted by molar-refractivity contribution is 0.238. The molecule has 1 unspecified atom stereocenters. The number of rotatable bonds is 5. The lowest BCUT2D eigenvalue weighted by Crippen LogP contribution is -1.93. The molecule has 0 radical (unpaired) electrons. The molecule has 0 aromatic heterocycles. The van der Waals surface area contributed by atoms with Gasteiger partial charge < -0.3 is 5.11 Å². The van der Waals surface area contributed by atoms with E-state index in [4.69, 9.17) is 5.26 Å². The Morgan fingerprint density at radius 2 is 1.89 bits per heavy atom. The van der Waals surface area contributed by atoms with Gasteiger partial charge in [0.2, 0.25) is 0 Å². The summed E-state index contributed by atoms with van der Waals surface area (Å²) >= 11 is 0. The smallest absolute Gasteiger partial charge is 0.140 e. The van der Waals surface area contributed by atoms with E-state index < -0.39 is 6.10 Å². The van der Waals surface area contributed by atoms with Crippen LogP contribution >= 0.6 is 0 Å². The molecule has 0 heterocycles. The summed E-state index contributed by atoms with van der Waals surface area (Å²) in [5.74, 6) is 5.84. The third-order valence-electron chi connectivity index (χ3n) is 2.75. The minimum absolute atomic E-state index is 0.596. The van der Waals surface area contributed by atoms with E-state index in [2.05, 4.69) is 18.8 Å². The average Bonchev–Trinajstić information content (AvgIpc) is 2.42. The topological polar surface area (TPSA) is 44.0 Å². The van der Waals surface area contributed by atoms with E-state index in [-0.39, 0.29) is 0 Å². The van der Waals surface area contributed by atoms with Crippen LogP contribution < -0.4 is 0 Å². The zero-order valence-electron chi connectivity index (χ0n) is 10.8. The van der Waals surface area contributed by atoms with Crippen LogP contribution in [0.4, 0.5) is 0 Å². The van der Waals surface area contributed by atoms with Crippen LogP contribution in [-0.2, 0) is 0 Å². The average molecular weight is 241 g/mol. The highest BCUT2D eigenvalue weighted by molar-refractivity contribution is 5.34. The Kier molecular flexibility index (Phi) is 6.62. The number of nitriles is 1. The molecule has 0 fully saturated rings. The van der Waals surface area contributed by atoms with Crippen molar-refractivity contribution in [2.45, 2.75) is 45.1 Å². The Balaban J connectivity index is 2.42. The van der Waals surface area contributed by atoms with E-state index in [1.807, 2.05) is 6.07 Å². The molecule has 1 rings (SSSR count). The molecular weight excluding hydrogens is 222 g/mol. The first kappa shape index (κ1) is 14.3. The number of hydrogen-bond acceptors (Lipinski definition) is 2. The Morgan fingerprint density at radius 1 is 1.17 bits per heavy atom. The Morgan fingerprint density at radius 3 is 2.50 bits per heavy atom. The van der Waals surface area contributed by atoms with Gasteiger partial charge in [-0.1, -0.05) is 44.2 Å². The van der Waals surface area contributed by atoms with E-state index in [1.165, 1.54) is 19.3 Å². The first-order chi connectivity index (χ1) is 8.77. The Bertz CT molecular complexity index is 445. The molecule has 1 aromatic rings. The molecule has 0 aliphatic carbocycles. The van der Waals surface area contributed by atoms with Crippen LogP contribution in [0.25, 0.3) is 0 Å². The van der Waals surface area contributed by atoms with Crippen LogP contribution in [-0.4, -0.2) is 5.11 Å². The molecule has 1 N–H and O–H groups in total. The van der Waals surface area contributed by atoms with Gasteiger partial charge in [0, 0.05) is 6.42 Å². The minimum atomic E-state index is -0.746. The number of nitrogens with zero attached hydrogens (tertiary/aromatic N) is 1. The maximum Gasteiger partial charge on any atom is 0.140 e. The quantitative estimate of drug-likeness (QED) is 0.632. The number of aliphatic hydroxyl groups is 1. The van der Waals surface area contributed by atoms with Gasteiger partial charge in [0.25, 0.3) is 0 Å². The highest BCUT2D eigenvalue weighted by atomic mass is 16.3. The van der Waals surface area contributed by atoms with Gasteiger partial charge in [-0.2, -0.15) is 5.26 Å². The summed E-state index contributed by atoms with van der Waals surface area (Å²) in [6, 6.07) is 8.93. The second-order valence-corrected chi connectivity index (χ2v) is 4.27. The van der Waals surface area contributed by atoms with Crippen LogP contribution in [0.15, 0.2) is 24.3 Å². The summed E-state index contributed by atoms with van der Waals surface area (Å²) in [7, 11) is 0. The standard InChI is InChI=1S/C16H19NO/c1-2-3-4-5-6-7-8-16(18)15-11-9-14(13-17)10-12-15/h9-12,16,18H,2-6H2,1H3. The van der Waals surface area contributed by atoms with Crippen molar-refractivity contribution in [3.63, 3.8) is 0 Å². The summed E-state index contributed by atoms with van der Waals surface area (Å²) < 4.78 is 0. The fraction of sp³-hybridized carbons (Fsp3) is 0.438. The molecule has 0 amide bonds. The van der Waals surface area contributed by atoms with Gasteiger partial charge in [-0.15, -0.1) is 5.92 Å². The molecule has 0 saturated heterocycles. The van der Waals surface area contributed by atoms with Crippen LogP contribution in [0.1, 0.15) is 56.3 Å². The Labute approximate surface area is 109 Å². The van der Waals surface area contributed by atoms with Gasteiger partial charge in [0.1, 0.15) is 6.10 Å². The van der Waals surface area contributed by atoms with E-state index in [0.29, 0.717) is 5.56 Å². The molecular formula is C16H19NO. The lowest BCUT2D eigenvalue weighted by Gasteiger charge is -2.02. The molecule has 1 atom stereocenters. The molecule has 0 bridgehead atoms. The molecule has 0 aliphatic heterocycles. The largest absolute Gasteiger partial charge is 0.376 e. The van der Waals surface area contributed by atoms with Crippen molar-refractivity contribution in [3.05, 3.63) is 35.4 Å². The van der Waals surface area contributed by atoms with Gasteiger partial charge in [0.05, 0.1) is 11.6 Å². The van der Waals surface area contributed by atoms with Crippen molar-refractivity contribution in [1.29, 1.82) is 5.26 Å². The second-order valence-electron chi connectivity index (χ2n) is 4.27. The van der Waals surface area contributed by atoms with Crippen LogP contribution in [0.2, 0.25) is 0 Å². The normalized spacial score (nSPS) is 11.2. The molecule has 0 saturated carbocycles. The van der Waals surface area contributed by atoms with Crippen molar-refractivity contribution in [2.75, 3.05) is 0 Å². The van der Waals surface area contributed by atoms with E-state index in [9.17, 15) is 5.11 Å². The fourth-order valence-electron chi connectivity index (χ4n) is 1.63. The van der Waals surface area contributed by atoms with Gasteiger partial charge in [-0.25, -0.2) is 0 Å². The highest BCUT2D eigenvalue weighted by Crippen LogP contribution is 2.12. The SMILES string of the molecule is CCCCCCC#CC(O)c1ccc(C#N)cc1. The summed E-state index contributed by atoms with van der Waals surface area (Å²) in [6.07, 6.45) is 4.87. The van der Waals surface area contributed by atoms with E-state index >= 15 is 0 Å². The van der Waals surface area contributed by atoms with Crippen LogP contribution in [0, 0.1) is 23.2 Å². The first-order valence-electron chi connectivity index (χ1n) is 6.44. The molecule has 18 heavy (non-hydrogen) atoms. The number of aliphatic hydroxyl groups excluding tert-OH is 1. The zero-order valence-corrected chi connectivity index (χ0v) is 10.8. The first-order valence-corrected chi connectivity index (χ1v) is 6.44. The maximum atomic E-state index is 9.83. The second kappa shape index (κ2) is 8.34. The van der Waals surface area contributed by atoms with E-state index in [0.717, 1.165) is 18.4 Å². The molecule has 2 heteroatoms. The van der Waals surface area contributed by atoms with Crippen LogP contribution in [0.3, 0.4) is 0 Å². The monoisotopic (exact) mass is 241 g/mol. The van der Waals surface area contributed by atoms with Crippen molar-refractivity contribution >= 4 is 0 Å². The van der Waals surface area contributed by atoms with Crippen LogP contribution in [0.5, 0.6) is 0 Å². The van der Waals surface area contributed by atoms with Crippen molar-refractivity contribution in [3.8, 4) is 17.9 Å². The maximum absolute atomic E-state index is 9.83. The highest BCUT2D eigenvalue weighted by Gasteiger charge is 2.02. The molecule has 94 valence electrons. The molecule has 0 aliphatic rings. The summed E-state index contributed by atoms with van der Waals surface area (Å²) in [4.78, 5) is 0. The van der Waals surface area contributed by atoms with E-state index in [1.54, 1.807) is 24.3 Å². The van der Waals surface area contributed by atoms with Crippen molar-refractivity contribution in [2.24, 2.45) is 0 Å². The predicted molar refractivity (Wildman–Crippen MR) is 72.7 cm³/mol. The number of hydrogen-bond donors (Lipinski definition) is 1. The predicted octanol–water partition coefficient (Wildman–Crippen LogP) is 3.57. The number of benzene rings is 1. The third-order valence-corrected chi connectivity index (χ3v) is 2.75. The molecule has 0 spiro atoms. The van der Waals surface area contributed by atoms with Crippen molar-refractivity contribution < 1.29 is 5.11 Å². The van der Waals surface area contributed by atoms with Gasteiger partial charge in [0.15, 0.2) is 0 Å². The summed E-state index contributed by atoms with van der Waals surface area (Å²) in [5.41, 5.74) is 1.34. The van der Waals surface area contributed by atoms with Gasteiger partial charge in [-0.05, 0) is 24.1 Å². The Hall–Kier alpha value is -1.77.